The maximum atomic E-state index is 13.1. The first-order chi connectivity index (χ1) is 14.2. The molecule has 0 aromatic heterocycles. The predicted octanol–water partition coefficient (Wildman–Crippen LogP) is 3.21. The molecule has 160 valence electrons. The minimum absolute atomic E-state index is 0.0178. The summed E-state index contributed by atoms with van der Waals surface area (Å²) < 4.78 is 25.3. The lowest BCUT2D eigenvalue weighted by molar-refractivity contribution is 0.0694. The quantitative estimate of drug-likeness (QED) is 0.793. The zero-order valence-corrected chi connectivity index (χ0v) is 18.4. The molecule has 3 rings (SSSR count). The Bertz CT molecular complexity index is 1040. The Morgan fingerprint density at radius 3 is 2.13 bits per heavy atom. The van der Waals surface area contributed by atoms with Crippen molar-refractivity contribution < 1.29 is 18.0 Å². The molecule has 2 aromatic rings. The summed E-state index contributed by atoms with van der Waals surface area (Å²) in [5, 5.41) is 2.45. The van der Waals surface area contributed by atoms with E-state index in [0.29, 0.717) is 31.5 Å². The molecule has 6 nitrogen and oxygen atoms in total. The van der Waals surface area contributed by atoms with Crippen LogP contribution in [0.2, 0.25) is 0 Å². The lowest BCUT2D eigenvalue weighted by atomic mass is 10.0. The molecule has 0 radical (unpaired) electrons. The van der Waals surface area contributed by atoms with E-state index in [1.54, 1.807) is 43.0 Å². The summed E-state index contributed by atoms with van der Waals surface area (Å²) in [7, 11) is -3.56. The van der Waals surface area contributed by atoms with Gasteiger partial charge in [0.1, 0.15) is 0 Å². The van der Waals surface area contributed by atoms with Gasteiger partial charge in [0.25, 0.3) is 11.8 Å². The Morgan fingerprint density at radius 1 is 0.967 bits per heavy atom. The summed E-state index contributed by atoms with van der Waals surface area (Å²) in [5.74, 6) is -0.384. The van der Waals surface area contributed by atoms with E-state index in [-0.39, 0.29) is 28.3 Å². The number of rotatable bonds is 5. The molecule has 0 spiro atoms. The number of benzene rings is 2. The molecule has 1 aliphatic heterocycles. The van der Waals surface area contributed by atoms with Gasteiger partial charge in [-0.2, -0.15) is 0 Å². The fourth-order valence-electron chi connectivity index (χ4n) is 3.63. The molecular formula is C23H28N2O4S. The standard InChI is InChI=1S/C23H28N2O4S/c1-16(2)30(28,29)21-11-7-6-10-20(21)23(27)25-14-12-18(13-15-25)24-22(26)19-9-5-4-8-17(19)3/h4-11,16,18H,12-15H2,1-3H3,(H,24,26). The second-order valence-electron chi connectivity index (χ2n) is 7.94. The smallest absolute Gasteiger partial charge is 0.255 e. The van der Waals surface area contributed by atoms with Crippen LogP contribution in [-0.2, 0) is 9.84 Å². The van der Waals surface area contributed by atoms with Gasteiger partial charge < -0.3 is 10.2 Å². The summed E-state index contributed by atoms with van der Waals surface area (Å²) in [5.41, 5.74) is 1.79. The average Bonchev–Trinajstić information content (AvgIpc) is 2.74. The highest BCUT2D eigenvalue weighted by atomic mass is 32.2. The maximum Gasteiger partial charge on any atom is 0.255 e. The number of nitrogens with one attached hydrogen (secondary N) is 1. The van der Waals surface area contributed by atoms with Gasteiger partial charge in [-0.1, -0.05) is 30.3 Å². The van der Waals surface area contributed by atoms with Crippen molar-refractivity contribution in [1.29, 1.82) is 0 Å². The van der Waals surface area contributed by atoms with Gasteiger partial charge in [-0.3, -0.25) is 9.59 Å². The lowest BCUT2D eigenvalue weighted by Gasteiger charge is -2.33. The Hall–Kier alpha value is -2.67. The van der Waals surface area contributed by atoms with Crippen molar-refractivity contribution in [3.05, 3.63) is 65.2 Å². The normalized spacial score (nSPS) is 15.3. The van der Waals surface area contributed by atoms with Gasteiger partial charge in [0.2, 0.25) is 0 Å². The number of sulfone groups is 1. The van der Waals surface area contributed by atoms with Gasteiger partial charge in [-0.05, 0) is 57.4 Å². The molecule has 0 saturated carbocycles. The first-order valence-corrected chi connectivity index (χ1v) is 11.7. The van der Waals surface area contributed by atoms with Crippen LogP contribution < -0.4 is 5.32 Å². The number of aryl methyl sites for hydroxylation is 1. The van der Waals surface area contributed by atoms with Crippen LogP contribution in [0.25, 0.3) is 0 Å². The van der Waals surface area contributed by atoms with Gasteiger partial charge in [0.15, 0.2) is 9.84 Å². The number of carbonyl (C=O) groups excluding carboxylic acids is 2. The van der Waals surface area contributed by atoms with Gasteiger partial charge in [0, 0.05) is 24.7 Å². The van der Waals surface area contributed by atoms with E-state index in [0.717, 1.165) is 5.56 Å². The van der Waals surface area contributed by atoms with Crippen LogP contribution in [0.3, 0.4) is 0 Å². The second kappa shape index (κ2) is 9.00. The van der Waals surface area contributed by atoms with Gasteiger partial charge in [-0.25, -0.2) is 8.42 Å². The molecule has 1 N–H and O–H groups in total. The fourth-order valence-corrected chi connectivity index (χ4v) is 4.87. The van der Waals surface area contributed by atoms with Crippen molar-refractivity contribution in [3.8, 4) is 0 Å². The molecule has 0 atom stereocenters. The average molecular weight is 429 g/mol. The molecule has 30 heavy (non-hydrogen) atoms. The predicted molar refractivity (Wildman–Crippen MR) is 116 cm³/mol. The highest BCUT2D eigenvalue weighted by Gasteiger charge is 2.30. The summed E-state index contributed by atoms with van der Waals surface area (Å²) in [6.45, 7) is 6.05. The maximum absolute atomic E-state index is 13.1. The molecule has 1 aliphatic rings. The number of likely N-dealkylation sites (tertiary alicyclic amines) is 1. The number of hydrogen-bond donors (Lipinski definition) is 1. The first kappa shape index (κ1) is 22.0. The molecule has 7 heteroatoms. The second-order valence-corrected chi connectivity index (χ2v) is 10.4. The third kappa shape index (κ3) is 4.56. The Morgan fingerprint density at radius 2 is 1.53 bits per heavy atom. The van der Waals surface area contributed by atoms with Crippen LogP contribution in [0.1, 0.15) is 53.0 Å². The highest BCUT2D eigenvalue weighted by molar-refractivity contribution is 7.92. The van der Waals surface area contributed by atoms with Gasteiger partial charge in [0.05, 0.1) is 15.7 Å². The van der Waals surface area contributed by atoms with Crippen LogP contribution >= 0.6 is 0 Å². The Labute approximate surface area is 178 Å². The van der Waals surface area contributed by atoms with E-state index in [9.17, 15) is 18.0 Å². The Balaban J connectivity index is 1.67. The number of piperidine rings is 1. The van der Waals surface area contributed by atoms with E-state index >= 15 is 0 Å². The van der Waals surface area contributed by atoms with E-state index < -0.39 is 15.1 Å². The SMILES string of the molecule is Cc1ccccc1C(=O)NC1CCN(C(=O)c2ccccc2S(=O)(=O)C(C)C)CC1. The largest absolute Gasteiger partial charge is 0.349 e. The van der Waals surface area contributed by atoms with Crippen molar-refractivity contribution in [1.82, 2.24) is 10.2 Å². The minimum Gasteiger partial charge on any atom is -0.349 e. The third-order valence-corrected chi connectivity index (χ3v) is 7.76. The van der Waals surface area contributed by atoms with Crippen molar-refractivity contribution >= 4 is 21.7 Å². The fraction of sp³-hybridized carbons (Fsp3) is 0.391. The van der Waals surface area contributed by atoms with E-state index in [1.807, 2.05) is 25.1 Å². The number of carbonyl (C=O) groups is 2. The molecule has 0 unspecified atom stereocenters. The number of amides is 2. The van der Waals surface area contributed by atoms with Crippen LogP contribution in [0.5, 0.6) is 0 Å². The monoisotopic (exact) mass is 428 g/mol. The molecule has 1 heterocycles. The summed E-state index contributed by atoms with van der Waals surface area (Å²) in [6, 6.07) is 13.8. The summed E-state index contributed by atoms with van der Waals surface area (Å²) >= 11 is 0. The minimum atomic E-state index is -3.56. The molecule has 2 aromatic carbocycles. The number of nitrogens with zero attached hydrogens (tertiary/aromatic N) is 1. The highest BCUT2D eigenvalue weighted by Crippen LogP contribution is 2.23. The summed E-state index contributed by atoms with van der Waals surface area (Å²) in [4.78, 5) is 27.3. The zero-order valence-electron chi connectivity index (χ0n) is 17.6. The third-order valence-electron chi connectivity index (χ3n) is 5.55. The van der Waals surface area contributed by atoms with E-state index in [2.05, 4.69) is 5.32 Å². The lowest BCUT2D eigenvalue weighted by Crippen LogP contribution is -2.46. The molecule has 1 saturated heterocycles. The van der Waals surface area contributed by atoms with Crippen LogP contribution in [0.15, 0.2) is 53.4 Å². The topological polar surface area (TPSA) is 83.6 Å². The zero-order chi connectivity index (χ0) is 21.9. The van der Waals surface area contributed by atoms with Crippen LogP contribution in [-0.4, -0.2) is 49.5 Å². The van der Waals surface area contributed by atoms with E-state index in [1.165, 1.54) is 6.07 Å². The summed E-state index contributed by atoms with van der Waals surface area (Å²) in [6.07, 6.45) is 1.25. The van der Waals surface area contributed by atoms with Crippen LogP contribution in [0, 0.1) is 6.92 Å². The van der Waals surface area contributed by atoms with Gasteiger partial charge in [-0.15, -0.1) is 0 Å². The molecule has 2 amide bonds. The van der Waals surface area contributed by atoms with Crippen molar-refractivity contribution in [2.24, 2.45) is 0 Å². The van der Waals surface area contributed by atoms with Crippen molar-refractivity contribution in [3.63, 3.8) is 0 Å². The van der Waals surface area contributed by atoms with Gasteiger partial charge >= 0.3 is 0 Å². The van der Waals surface area contributed by atoms with Crippen molar-refractivity contribution in [2.45, 2.75) is 49.8 Å². The van der Waals surface area contributed by atoms with Crippen LogP contribution in [0.4, 0.5) is 0 Å². The van der Waals surface area contributed by atoms with Crippen molar-refractivity contribution in [2.75, 3.05) is 13.1 Å². The Kier molecular flexibility index (Phi) is 6.61. The molecule has 1 fully saturated rings. The first-order valence-electron chi connectivity index (χ1n) is 10.2. The molecular weight excluding hydrogens is 400 g/mol. The number of hydrogen-bond acceptors (Lipinski definition) is 4. The van der Waals surface area contributed by atoms with E-state index in [4.69, 9.17) is 0 Å². The molecule has 0 bridgehead atoms. The molecule has 0 aliphatic carbocycles.